The van der Waals surface area contributed by atoms with Gasteiger partial charge in [0.15, 0.2) is 12.3 Å². The molecule has 0 radical (unpaired) electrons. The molecule has 6 rings (SSSR count). The van der Waals surface area contributed by atoms with E-state index in [1.165, 1.54) is 0 Å². The van der Waals surface area contributed by atoms with E-state index >= 15 is 0 Å². The molecule has 0 saturated heterocycles. The third kappa shape index (κ3) is 8.31. The Hall–Kier alpha value is -3.23. The number of aromatic nitrogens is 1. The monoisotopic (exact) mass is 698 g/mol. The summed E-state index contributed by atoms with van der Waals surface area (Å²) in [6, 6.07) is 23.8. The molecule has 1 aliphatic heterocycles. The van der Waals surface area contributed by atoms with Crippen molar-refractivity contribution in [3.63, 3.8) is 0 Å². The summed E-state index contributed by atoms with van der Waals surface area (Å²) in [5, 5.41) is 4.06. The van der Waals surface area contributed by atoms with Gasteiger partial charge in [0.05, 0.1) is 37.4 Å². The van der Waals surface area contributed by atoms with Crippen molar-refractivity contribution in [3.05, 3.63) is 96.2 Å². The van der Waals surface area contributed by atoms with Crippen LogP contribution in [0.3, 0.4) is 0 Å². The van der Waals surface area contributed by atoms with Crippen LogP contribution in [0, 0.1) is 0 Å². The summed E-state index contributed by atoms with van der Waals surface area (Å²) >= 11 is 0. The predicted molar refractivity (Wildman–Crippen MR) is 180 cm³/mol. The number of oxazole rings is 1. The zero-order chi connectivity index (χ0) is 33.2. The first-order valence-corrected chi connectivity index (χ1v) is 18.8. The fourth-order valence-corrected chi connectivity index (χ4v) is 7.18. The fourth-order valence-electron chi connectivity index (χ4n) is 6.07. The number of hydrogen-bond donors (Lipinski definition) is 0. The first-order valence-electron chi connectivity index (χ1n) is 15.6. The van der Waals surface area contributed by atoms with E-state index in [1.807, 2.05) is 101 Å². The van der Waals surface area contributed by atoms with Gasteiger partial charge in [-0.05, 0) is 60.2 Å². The van der Waals surface area contributed by atoms with E-state index in [0.29, 0.717) is 55.5 Å². The molecule has 0 bridgehead atoms. The molecule has 0 saturated carbocycles. The van der Waals surface area contributed by atoms with Crippen molar-refractivity contribution in [1.82, 2.24) is 0 Å². The second-order valence-corrected chi connectivity index (χ2v) is 14.7. The minimum Gasteiger partial charge on any atom is -0.748 e. The Kier molecular flexibility index (Phi) is 11.4. The standard InChI is InChI=1S/C35H36N2O8S2.Na/c1-2-25(23-32-36(19-7-9-21-46(38,39)40)34-28-13-5-3-11-26(28)15-17-30(34)44-32)24-33-37(20-8-10-22-47(41,42)43)35-29-14-6-4-12-27(29)16-18-31(35)45-33;/h3-6,11-18,23-24H,2,7-10,19-22H2,1H3,(H-,38,39,40,41,42,43);/q;+1/p-1. The van der Waals surface area contributed by atoms with Gasteiger partial charge in [0.25, 0.3) is 5.52 Å². The SMILES string of the molecule is CCC(=Cc1oc2ccc3ccccc3c2[n+]1CCCCS(=O)(=O)[O-])C=C1Oc2ccc3ccccc3c2N1CCCCS(=O)(=O)[O-].[Na+]. The van der Waals surface area contributed by atoms with Crippen LogP contribution < -0.4 is 43.8 Å². The third-order valence-electron chi connectivity index (χ3n) is 8.31. The van der Waals surface area contributed by atoms with E-state index in [1.54, 1.807) is 0 Å². The molecule has 0 fully saturated rings. The van der Waals surface area contributed by atoms with Gasteiger partial charge in [-0.15, -0.1) is 0 Å². The zero-order valence-electron chi connectivity index (χ0n) is 26.9. The average Bonchev–Trinajstić information content (AvgIpc) is 3.57. The molecule has 0 N–H and O–H groups in total. The molecule has 0 unspecified atom stereocenters. The first-order chi connectivity index (χ1) is 22.5. The molecule has 5 aromatic rings. The van der Waals surface area contributed by atoms with Crippen molar-refractivity contribution in [2.45, 2.75) is 45.6 Å². The molecule has 0 atom stereocenters. The van der Waals surface area contributed by atoms with Crippen LogP contribution in [0.4, 0.5) is 5.69 Å². The van der Waals surface area contributed by atoms with Gasteiger partial charge in [-0.3, -0.25) is 0 Å². The molecular formula is C35H35N2NaO8S2. The summed E-state index contributed by atoms with van der Waals surface area (Å²) in [6.45, 7) is 2.91. The molecule has 0 aliphatic carbocycles. The van der Waals surface area contributed by atoms with Gasteiger partial charge in [-0.1, -0.05) is 61.5 Å². The molecule has 246 valence electrons. The number of nitrogens with zero attached hydrogens (tertiary/aromatic N) is 2. The molecule has 0 spiro atoms. The van der Waals surface area contributed by atoms with Gasteiger partial charge < -0.3 is 23.2 Å². The maximum absolute atomic E-state index is 11.3. The molecule has 48 heavy (non-hydrogen) atoms. The number of benzene rings is 4. The summed E-state index contributed by atoms with van der Waals surface area (Å²) in [4.78, 5) is 2.03. The quantitative estimate of drug-likeness (QED) is 0.0784. The molecule has 4 aromatic carbocycles. The maximum Gasteiger partial charge on any atom is 1.00 e. The first kappa shape index (κ1) is 36.1. The molecule has 1 aromatic heterocycles. The van der Waals surface area contributed by atoms with Crippen LogP contribution in [0.25, 0.3) is 38.7 Å². The van der Waals surface area contributed by atoms with Gasteiger partial charge in [-0.25, -0.2) is 16.8 Å². The van der Waals surface area contributed by atoms with Crippen molar-refractivity contribution in [2.24, 2.45) is 0 Å². The number of anilines is 1. The summed E-state index contributed by atoms with van der Waals surface area (Å²) in [6.07, 6.45) is 5.90. The summed E-state index contributed by atoms with van der Waals surface area (Å²) < 4.78 is 82.3. The van der Waals surface area contributed by atoms with Gasteiger partial charge in [0, 0.05) is 35.9 Å². The van der Waals surface area contributed by atoms with Crippen LogP contribution >= 0.6 is 0 Å². The molecule has 10 nitrogen and oxygen atoms in total. The van der Waals surface area contributed by atoms with Crippen molar-refractivity contribution in [3.8, 4) is 5.75 Å². The molecule has 2 heterocycles. The Morgan fingerprint density at radius 2 is 1.44 bits per heavy atom. The van der Waals surface area contributed by atoms with Gasteiger partial charge in [0.1, 0.15) is 0 Å². The summed E-state index contributed by atoms with van der Waals surface area (Å²) in [5.41, 5.74) is 3.34. The molecule has 1 aliphatic rings. The van der Waals surface area contributed by atoms with Gasteiger partial charge >= 0.3 is 35.4 Å². The van der Waals surface area contributed by atoms with Crippen LogP contribution in [0.5, 0.6) is 5.75 Å². The minimum absolute atomic E-state index is 0. The number of unbranched alkanes of at least 4 members (excludes halogenated alkanes) is 2. The number of allylic oxidation sites excluding steroid dienone is 2. The fraction of sp³-hybridized carbons (Fsp3) is 0.286. The third-order valence-corrected chi connectivity index (χ3v) is 9.88. The van der Waals surface area contributed by atoms with E-state index in [4.69, 9.17) is 9.15 Å². The number of hydrogen-bond acceptors (Lipinski definition) is 9. The number of fused-ring (bicyclic) bond motifs is 6. The van der Waals surface area contributed by atoms with Crippen molar-refractivity contribution < 1.29 is 69.2 Å². The second-order valence-electron chi connectivity index (χ2n) is 11.6. The van der Waals surface area contributed by atoms with Crippen LogP contribution in [-0.2, 0) is 26.8 Å². The zero-order valence-corrected chi connectivity index (χ0v) is 30.6. The van der Waals surface area contributed by atoms with Crippen molar-refractivity contribution in [2.75, 3.05) is 23.0 Å². The predicted octanol–water partition coefficient (Wildman–Crippen LogP) is 3.22. The minimum atomic E-state index is -4.31. The van der Waals surface area contributed by atoms with E-state index in [0.717, 1.165) is 38.3 Å². The molecule has 0 amide bonds. The second kappa shape index (κ2) is 15.1. The van der Waals surface area contributed by atoms with Gasteiger partial charge in [-0.2, -0.15) is 4.57 Å². The van der Waals surface area contributed by atoms with Crippen molar-refractivity contribution >= 4 is 64.6 Å². The van der Waals surface area contributed by atoms with E-state index < -0.39 is 31.7 Å². The van der Waals surface area contributed by atoms with E-state index in [2.05, 4.69) is 0 Å². The van der Waals surface area contributed by atoms with E-state index in [9.17, 15) is 25.9 Å². The van der Waals surface area contributed by atoms with Crippen LogP contribution in [0.15, 0.2) is 94.7 Å². The Morgan fingerprint density at radius 3 is 2.12 bits per heavy atom. The summed E-state index contributed by atoms with van der Waals surface area (Å²) in [7, 11) is -8.63. The van der Waals surface area contributed by atoms with Gasteiger partial charge in [0.2, 0.25) is 11.5 Å². The average molecular weight is 699 g/mol. The maximum atomic E-state index is 11.3. The largest absolute Gasteiger partial charge is 1.00 e. The topological polar surface area (TPSA) is 144 Å². The van der Waals surface area contributed by atoms with Crippen LogP contribution in [0.1, 0.15) is 44.9 Å². The van der Waals surface area contributed by atoms with E-state index in [-0.39, 0.29) is 42.4 Å². The van der Waals surface area contributed by atoms with Crippen molar-refractivity contribution in [1.29, 1.82) is 0 Å². The Morgan fingerprint density at radius 1 is 0.812 bits per heavy atom. The Balaban J connectivity index is 0.00000451. The number of ether oxygens (including phenoxy) is 1. The smallest absolute Gasteiger partial charge is 0.748 e. The molecular weight excluding hydrogens is 664 g/mol. The number of aryl methyl sites for hydroxylation is 1. The van der Waals surface area contributed by atoms with Crippen LogP contribution in [0.2, 0.25) is 0 Å². The Labute approximate surface area is 302 Å². The number of rotatable bonds is 13. The molecule has 13 heteroatoms. The summed E-state index contributed by atoms with van der Waals surface area (Å²) in [5.74, 6) is 0.974. The van der Waals surface area contributed by atoms with Crippen LogP contribution in [-0.4, -0.2) is 44.0 Å². The normalized spacial score (nSPS) is 14.5. The Bertz CT molecular complexity index is 2250.